The van der Waals surface area contributed by atoms with E-state index in [9.17, 15) is 17.6 Å². The molecule has 1 rings (SSSR count). The second kappa shape index (κ2) is 5.33. The van der Waals surface area contributed by atoms with Crippen LogP contribution in [0.5, 0.6) is 5.75 Å². The first-order chi connectivity index (χ1) is 7.83. The summed E-state index contributed by atoms with van der Waals surface area (Å²) in [5, 5.41) is 8.63. The van der Waals surface area contributed by atoms with E-state index in [1.807, 2.05) is 0 Å². The highest BCUT2D eigenvalue weighted by Crippen LogP contribution is 2.27. The Bertz CT molecular complexity index is 381. The normalized spacial score (nSPS) is 13.5. The Labute approximate surface area is 94.8 Å². The lowest BCUT2D eigenvalue weighted by atomic mass is 10.0. The Morgan fingerprint density at radius 3 is 2.53 bits per heavy atom. The molecule has 3 N–H and O–H groups in total. The molecule has 0 aromatic heterocycles. The molecule has 0 aliphatic rings. The molecular formula is C10H11F4NO2. The zero-order valence-electron chi connectivity index (χ0n) is 8.67. The van der Waals surface area contributed by atoms with Crippen LogP contribution in [0.1, 0.15) is 18.0 Å². The number of hydrogen-bond donors (Lipinski definition) is 2. The van der Waals surface area contributed by atoms with Crippen molar-refractivity contribution in [3.8, 4) is 5.75 Å². The highest BCUT2D eigenvalue weighted by molar-refractivity contribution is 5.32. The first-order valence-corrected chi connectivity index (χ1v) is 4.75. The molecule has 0 radical (unpaired) electrons. The Morgan fingerprint density at radius 2 is 2.00 bits per heavy atom. The average Bonchev–Trinajstić information content (AvgIpc) is 2.19. The average molecular weight is 253 g/mol. The van der Waals surface area contributed by atoms with Crippen molar-refractivity contribution in [2.75, 3.05) is 6.61 Å². The molecule has 0 aliphatic heterocycles. The first kappa shape index (κ1) is 13.7. The van der Waals surface area contributed by atoms with Crippen LogP contribution in [0.2, 0.25) is 0 Å². The lowest BCUT2D eigenvalue weighted by Gasteiger charge is -2.14. The molecule has 0 bridgehead atoms. The lowest BCUT2D eigenvalue weighted by Crippen LogP contribution is -2.18. The smallest absolute Gasteiger partial charge is 0.406 e. The summed E-state index contributed by atoms with van der Waals surface area (Å²) in [5.41, 5.74) is 5.38. The Morgan fingerprint density at radius 1 is 1.35 bits per heavy atom. The standard InChI is InChI=1S/C10H11F4NO2/c11-8-2-1-6(17-10(12,13)14)5-7(8)9(15)3-4-16/h1-2,5,9,16H,3-4,15H2/t9-/m1/s1. The molecule has 1 atom stereocenters. The predicted octanol–water partition coefficient (Wildman–Crippen LogP) is 2.11. The molecular weight excluding hydrogens is 242 g/mol. The molecule has 0 aliphatic carbocycles. The second-order valence-corrected chi connectivity index (χ2v) is 3.35. The van der Waals surface area contributed by atoms with Crippen molar-refractivity contribution in [2.45, 2.75) is 18.8 Å². The molecule has 0 amide bonds. The molecule has 1 aromatic rings. The van der Waals surface area contributed by atoms with Gasteiger partial charge in [-0.2, -0.15) is 0 Å². The molecule has 1 aromatic carbocycles. The highest BCUT2D eigenvalue weighted by Gasteiger charge is 2.31. The van der Waals surface area contributed by atoms with E-state index in [1.165, 1.54) is 0 Å². The van der Waals surface area contributed by atoms with Crippen molar-refractivity contribution < 1.29 is 27.4 Å². The van der Waals surface area contributed by atoms with Crippen molar-refractivity contribution in [1.29, 1.82) is 0 Å². The van der Waals surface area contributed by atoms with E-state index in [-0.39, 0.29) is 18.6 Å². The van der Waals surface area contributed by atoms with Crippen molar-refractivity contribution in [2.24, 2.45) is 5.73 Å². The first-order valence-electron chi connectivity index (χ1n) is 4.75. The largest absolute Gasteiger partial charge is 0.573 e. The summed E-state index contributed by atoms with van der Waals surface area (Å²) in [6.07, 6.45) is -4.79. The molecule has 3 nitrogen and oxygen atoms in total. The molecule has 0 fully saturated rings. The minimum absolute atomic E-state index is 0.0480. The zero-order valence-corrected chi connectivity index (χ0v) is 8.67. The van der Waals surface area contributed by atoms with Crippen LogP contribution in [0.3, 0.4) is 0 Å². The van der Waals surface area contributed by atoms with Gasteiger partial charge in [0.25, 0.3) is 0 Å². The van der Waals surface area contributed by atoms with Crippen LogP contribution in [-0.2, 0) is 0 Å². The number of halogens is 4. The second-order valence-electron chi connectivity index (χ2n) is 3.35. The number of aliphatic hydroxyl groups is 1. The van der Waals surface area contributed by atoms with E-state index in [0.717, 1.165) is 18.2 Å². The van der Waals surface area contributed by atoms with E-state index in [0.29, 0.717) is 0 Å². The van der Waals surface area contributed by atoms with Crippen molar-refractivity contribution >= 4 is 0 Å². The van der Waals surface area contributed by atoms with Gasteiger partial charge in [-0.25, -0.2) is 4.39 Å². The van der Waals surface area contributed by atoms with Crippen LogP contribution in [-0.4, -0.2) is 18.1 Å². The van der Waals surface area contributed by atoms with Gasteiger partial charge >= 0.3 is 6.36 Å². The van der Waals surface area contributed by atoms with Gasteiger partial charge < -0.3 is 15.6 Å². The van der Waals surface area contributed by atoms with Gasteiger partial charge in [-0.05, 0) is 24.6 Å². The molecule has 0 unspecified atom stereocenters. The maximum atomic E-state index is 13.3. The topological polar surface area (TPSA) is 55.5 Å². The monoisotopic (exact) mass is 253 g/mol. The quantitative estimate of drug-likeness (QED) is 0.808. The minimum atomic E-state index is -4.84. The summed E-state index contributed by atoms with van der Waals surface area (Å²) in [6, 6.07) is 1.70. The van der Waals surface area contributed by atoms with Gasteiger partial charge in [0.2, 0.25) is 0 Å². The minimum Gasteiger partial charge on any atom is -0.406 e. The van der Waals surface area contributed by atoms with Gasteiger partial charge in [0.05, 0.1) is 0 Å². The zero-order chi connectivity index (χ0) is 13.1. The summed E-state index contributed by atoms with van der Waals surface area (Å²) in [6.45, 7) is -0.287. The SMILES string of the molecule is N[C@H](CCO)c1cc(OC(F)(F)F)ccc1F. The fourth-order valence-corrected chi connectivity index (χ4v) is 1.30. The summed E-state index contributed by atoms with van der Waals surface area (Å²) >= 11 is 0. The summed E-state index contributed by atoms with van der Waals surface area (Å²) in [4.78, 5) is 0. The molecule has 0 heterocycles. The molecule has 0 saturated heterocycles. The lowest BCUT2D eigenvalue weighted by molar-refractivity contribution is -0.274. The maximum absolute atomic E-state index is 13.3. The van der Waals surface area contributed by atoms with Crippen molar-refractivity contribution in [1.82, 2.24) is 0 Å². The number of ether oxygens (including phenoxy) is 1. The Hall–Kier alpha value is -1.34. The third kappa shape index (κ3) is 4.20. The third-order valence-corrected chi connectivity index (χ3v) is 2.04. The molecule has 7 heteroatoms. The third-order valence-electron chi connectivity index (χ3n) is 2.04. The van der Waals surface area contributed by atoms with E-state index < -0.39 is 24.0 Å². The molecule has 96 valence electrons. The predicted molar refractivity (Wildman–Crippen MR) is 51.7 cm³/mol. The molecule has 0 spiro atoms. The van der Waals surface area contributed by atoms with Crippen molar-refractivity contribution in [3.63, 3.8) is 0 Å². The Balaban J connectivity index is 2.94. The number of rotatable bonds is 4. The van der Waals surface area contributed by atoms with E-state index in [4.69, 9.17) is 10.8 Å². The highest BCUT2D eigenvalue weighted by atomic mass is 19.4. The summed E-state index contributed by atoms with van der Waals surface area (Å²) in [5.74, 6) is -1.28. The number of hydrogen-bond acceptors (Lipinski definition) is 3. The van der Waals surface area contributed by atoms with E-state index in [2.05, 4.69) is 4.74 Å². The van der Waals surface area contributed by atoms with E-state index >= 15 is 0 Å². The van der Waals surface area contributed by atoms with Crippen molar-refractivity contribution in [3.05, 3.63) is 29.6 Å². The van der Waals surface area contributed by atoms with Crippen LogP contribution in [0.25, 0.3) is 0 Å². The van der Waals surface area contributed by atoms with Crippen LogP contribution in [0.4, 0.5) is 17.6 Å². The van der Waals surface area contributed by atoms with E-state index in [1.54, 1.807) is 0 Å². The van der Waals surface area contributed by atoms with Gasteiger partial charge in [0, 0.05) is 18.2 Å². The summed E-state index contributed by atoms with van der Waals surface area (Å²) < 4.78 is 52.7. The van der Waals surface area contributed by atoms with Crippen LogP contribution in [0.15, 0.2) is 18.2 Å². The number of alkyl halides is 3. The van der Waals surface area contributed by atoms with Crippen LogP contribution >= 0.6 is 0 Å². The van der Waals surface area contributed by atoms with Crippen LogP contribution in [0, 0.1) is 5.82 Å². The van der Waals surface area contributed by atoms with Gasteiger partial charge in [-0.15, -0.1) is 13.2 Å². The Kier molecular flexibility index (Phi) is 4.30. The van der Waals surface area contributed by atoms with Crippen LogP contribution < -0.4 is 10.5 Å². The summed E-state index contributed by atoms with van der Waals surface area (Å²) in [7, 11) is 0. The fourth-order valence-electron chi connectivity index (χ4n) is 1.30. The number of nitrogens with two attached hydrogens (primary N) is 1. The van der Waals surface area contributed by atoms with Gasteiger partial charge in [-0.3, -0.25) is 0 Å². The maximum Gasteiger partial charge on any atom is 0.573 e. The van der Waals surface area contributed by atoms with Gasteiger partial charge in [0.1, 0.15) is 11.6 Å². The molecule has 17 heavy (non-hydrogen) atoms. The number of benzene rings is 1. The van der Waals surface area contributed by atoms with Gasteiger partial charge in [0.15, 0.2) is 0 Å². The van der Waals surface area contributed by atoms with Gasteiger partial charge in [-0.1, -0.05) is 0 Å². The molecule has 0 saturated carbocycles. The number of aliphatic hydroxyl groups excluding tert-OH is 1. The fraction of sp³-hybridized carbons (Fsp3) is 0.400.